The first kappa shape index (κ1) is 20.2. The second kappa shape index (κ2) is 10.8. The molecule has 0 aliphatic rings. The number of carbonyl (C=O) groups is 2. The van der Waals surface area contributed by atoms with Gasteiger partial charge in [0.05, 0.1) is 15.8 Å². The minimum Gasteiger partial charge on any atom is -0.361 e. The molecular formula is C17H21Cl2N3O2. The maximum Gasteiger partial charge on any atom is 0.329 e. The third-order valence-electron chi connectivity index (χ3n) is 3.22. The van der Waals surface area contributed by atoms with E-state index in [0.717, 1.165) is 31.2 Å². The molecule has 130 valence electrons. The molecule has 0 atom stereocenters. The number of hydrazone groups is 1. The molecule has 1 rings (SSSR count). The van der Waals surface area contributed by atoms with Crippen LogP contribution in [0.1, 0.15) is 44.6 Å². The van der Waals surface area contributed by atoms with E-state index in [-0.39, 0.29) is 0 Å². The molecule has 5 nitrogen and oxygen atoms in total. The van der Waals surface area contributed by atoms with Gasteiger partial charge in [0.2, 0.25) is 0 Å². The van der Waals surface area contributed by atoms with Crippen LogP contribution in [0.15, 0.2) is 29.4 Å². The molecular weight excluding hydrogens is 349 g/mol. The van der Waals surface area contributed by atoms with Crippen LogP contribution in [0.5, 0.6) is 0 Å². The summed E-state index contributed by atoms with van der Waals surface area (Å²) < 4.78 is 0. The number of hydrogen-bond acceptors (Lipinski definition) is 3. The van der Waals surface area contributed by atoms with Gasteiger partial charge in [0.15, 0.2) is 0 Å². The van der Waals surface area contributed by atoms with Crippen molar-refractivity contribution < 1.29 is 9.59 Å². The largest absolute Gasteiger partial charge is 0.361 e. The van der Waals surface area contributed by atoms with Gasteiger partial charge in [-0.05, 0) is 36.6 Å². The highest BCUT2D eigenvalue weighted by atomic mass is 35.5. The summed E-state index contributed by atoms with van der Waals surface area (Å²) in [6.07, 6.45) is 8.53. The molecule has 0 radical (unpaired) electrons. The Kier molecular flexibility index (Phi) is 9.12. The van der Waals surface area contributed by atoms with Crippen molar-refractivity contribution in [1.82, 2.24) is 5.43 Å². The van der Waals surface area contributed by atoms with Crippen molar-refractivity contribution in [3.8, 4) is 0 Å². The van der Waals surface area contributed by atoms with Crippen LogP contribution in [0.25, 0.3) is 6.08 Å². The van der Waals surface area contributed by atoms with Crippen LogP contribution < -0.4 is 11.2 Å². The third kappa shape index (κ3) is 7.62. The second-order valence-electron chi connectivity index (χ2n) is 5.23. The van der Waals surface area contributed by atoms with Crippen LogP contribution in [0.4, 0.5) is 0 Å². The van der Waals surface area contributed by atoms with Crippen molar-refractivity contribution in [1.29, 1.82) is 0 Å². The summed E-state index contributed by atoms with van der Waals surface area (Å²) in [5.41, 5.74) is 8.55. The van der Waals surface area contributed by atoms with Crippen molar-refractivity contribution >= 4 is 46.8 Å². The van der Waals surface area contributed by atoms with Gasteiger partial charge in [0.1, 0.15) is 0 Å². The first-order valence-electron chi connectivity index (χ1n) is 7.73. The molecule has 0 aliphatic heterocycles. The summed E-state index contributed by atoms with van der Waals surface area (Å²) >= 11 is 11.9. The number of benzene rings is 1. The molecule has 0 aliphatic carbocycles. The molecule has 0 heterocycles. The molecule has 0 bridgehead atoms. The quantitative estimate of drug-likeness (QED) is 0.314. The number of nitrogens with two attached hydrogens (primary N) is 1. The first-order chi connectivity index (χ1) is 11.4. The Labute approximate surface area is 151 Å². The number of halogens is 2. The van der Waals surface area contributed by atoms with Gasteiger partial charge in [0, 0.05) is 0 Å². The molecule has 7 heteroatoms. The van der Waals surface area contributed by atoms with Gasteiger partial charge in [-0.15, -0.1) is 0 Å². The van der Waals surface area contributed by atoms with Crippen molar-refractivity contribution in [3.63, 3.8) is 0 Å². The van der Waals surface area contributed by atoms with E-state index in [4.69, 9.17) is 28.9 Å². The maximum atomic E-state index is 11.2. The number of rotatable bonds is 8. The molecule has 0 fully saturated rings. The SMILES string of the molecule is CCCCCCC(C=Cc1ccc(Cl)c(Cl)c1)=NNC(=O)C(N)=O. The summed E-state index contributed by atoms with van der Waals surface area (Å²) in [7, 11) is 0. The lowest BCUT2D eigenvalue weighted by Crippen LogP contribution is -2.33. The first-order valence-corrected chi connectivity index (χ1v) is 8.49. The number of hydrogen-bond donors (Lipinski definition) is 2. The van der Waals surface area contributed by atoms with Crippen LogP contribution >= 0.6 is 23.2 Å². The Bertz CT molecular complexity index is 643. The Morgan fingerprint density at radius 2 is 1.96 bits per heavy atom. The standard InChI is InChI=1S/C17H21Cl2N3O2/c1-2-3-4-5-6-13(21-22-17(24)16(20)23)9-7-12-8-10-14(18)15(19)11-12/h7-11H,2-6H2,1H3,(H2,20,23)(H,22,24). The molecule has 0 saturated carbocycles. The van der Waals surface area contributed by atoms with Crippen LogP contribution in [-0.2, 0) is 9.59 Å². The number of primary amides is 1. The topological polar surface area (TPSA) is 84.6 Å². The van der Waals surface area contributed by atoms with Gasteiger partial charge in [-0.2, -0.15) is 5.10 Å². The van der Waals surface area contributed by atoms with Crippen LogP contribution in [0.3, 0.4) is 0 Å². The Morgan fingerprint density at radius 1 is 1.21 bits per heavy atom. The molecule has 0 saturated heterocycles. The van der Waals surface area contributed by atoms with Crippen molar-refractivity contribution in [2.75, 3.05) is 0 Å². The van der Waals surface area contributed by atoms with E-state index in [1.54, 1.807) is 18.2 Å². The van der Waals surface area contributed by atoms with Gasteiger partial charge in [-0.25, -0.2) is 5.43 Å². The lowest BCUT2D eigenvalue weighted by atomic mass is 10.1. The Morgan fingerprint density at radius 3 is 2.58 bits per heavy atom. The maximum absolute atomic E-state index is 11.2. The number of amides is 2. The minimum absolute atomic E-state index is 0.460. The van der Waals surface area contributed by atoms with E-state index in [9.17, 15) is 9.59 Å². The predicted octanol–water partition coefficient (Wildman–Crippen LogP) is 3.93. The van der Waals surface area contributed by atoms with E-state index >= 15 is 0 Å². The monoisotopic (exact) mass is 369 g/mol. The predicted molar refractivity (Wildman–Crippen MR) is 99.0 cm³/mol. The van der Waals surface area contributed by atoms with Crippen LogP contribution in [-0.4, -0.2) is 17.5 Å². The van der Waals surface area contributed by atoms with Gasteiger partial charge < -0.3 is 5.73 Å². The fourth-order valence-electron chi connectivity index (χ4n) is 1.90. The zero-order valence-corrected chi connectivity index (χ0v) is 15.0. The van der Waals surface area contributed by atoms with Gasteiger partial charge in [-0.1, -0.05) is 61.5 Å². The molecule has 2 amide bonds. The summed E-state index contributed by atoms with van der Waals surface area (Å²) in [4.78, 5) is 22.0. The average molecular weight is 370 g/mol. The lowest BCUT2D eigenvalue weighted by molar-refractivity contribution is -0.137. The molecule has 24 heavy (non-hydrogen) atoms. The number of nitrogens with one attached hydrogen (secondary N) is 1. The van der Waals surface area contributed by atoms with Gasteiger partial charge in [-0.3, -0.25) is 9.59 Å². The third-order valence-corrected chi connectivity index (χ3v) is 3.96. The number of nitrogens with zero attached hydrogens (tertiary/aromatic N) is 1. The van der Waals surface area contributed by atoms with Gasteiger partial charge >= 0.3 is 11.8 Å². The molecule has 3 N–H and O–H groups in total. The highest BCUT2D eigenvalue weighted by molar-refractivity contribution is 6.42. The normalized spacial score (nSPS) is 11.7. The zero-order chi connectivity index (χ0) is 17.9. The zero-order valence-electron chi connectivity index (χ0n) is 13.5. The van der Waals surface area contributed by atoms with E-state index in [1.807, 2.05) is 12.1 Å². The van der Waals surface area contributed by atoms with Crippen molar-refractivity contribution in [3.05, 3.63) is 39.9 Å². The van der Waals surface area contributed by atoms with Gasteiger partial charge in [0.25, 0.3) is 0 Å². The molecule has 0 spiro atoms. The number of carbonyl (C=O) groups excluding carboxylic acids is 2. The summed E-state index contributed by atoms with van der Waals surface area (Å²) in [6, 6.07) is 5.26. The smallest absolute Gasteiger partial charge is 0.329 e. The Hall–Kier alpha value is -1.85. The molecule has 1 aromatic carbocycles. The summed E-state index contributed by atoms with van der Waals surface area (Å²) in [5.74, 6) is -2.01. The summed E-state index contributed by atoms with van der Waals surface area (Å²) in [5, 5.41) is 4.91. The molecule has 0 aromatic heterocycles. The average Bonchev–Trinajstić information content (AvgIpc) is 2.55. The fraction of sp³-hybridized carbons (Fsp3) is 0.353. The van der Waals surface area contributed by atoms with E-state index in [0.29, 0.717) is 22.2 Å². The highest BCUT2D eigenvalue weighted by Gasteiger charge is 2.07. The van der Waals surface area contributed by atoms with E-state index in [2.05, 4.69) is 17.5 Å². The highest BCUT2D eigenvalue weighted by Crippen LogP contribution is 2.23. The number of allylic oxidation sites excluding steroid dienone is 1. The van der Waals surface area contributed by atoms with Crippen LogP contribution in [0.2, 0.25) is 10.0 Å². The molecule has 0 unspecified atom stereocenters. The second-order valence-corrected chi connectivity index (χ2v) is 6.04. The van der Waals surface area contributed by atoms with Crippen molar-refractivity contribution in [2.24, 2.45) is 10.8 Å². The minimum atomic E-state index is -1.07. The fourth-order valence-corrected chi connectivity index (χ4v) is 2.20. The Balaban J connectivity index is 2.80. The lowest BCUT2D eigenvalue weighted by Gasteiger charge is -2.03. The van der Waals surface area contributed by atoms with E-state index in [1.165, 1.54) is 0 Å². The van der Waals surface area contributed by atoms with E-state index < -0.39 is 11.8 Å². The van der Waals surface area contributed by atoms with Crippen molar-refractivity contribution in [2.45, 2.75) is 39.0 Å². The number of unbranched alkanes of at least 4 members (excludes halogenated alkanes) is 3. The molecule has 1 aromatic rings. The van der Waals surface area contributed by atoms with Crippen LogP contribution in [0, 0.1) is 0 Å². The summed E-state index contributed by atoms with van der Waals surface area (Å²) in [6.45, 7) is 2.13.